The molecular weight excluding hydrogens is 278 g/mol. The zero-order valence-electron chi connectivity index (χ0n) is 12.6. The van der Waals surface area contributed by atoms with Gasteiger partial charge in [0.05, 0.1) is 12.6 Å². The predicted octanol–water partition coefficient (Wildman–Crippen LogP) is 3.24. The maximum Gasteiger partial charge on any atom is 0.286 e. The quantitative estimate of drug-likeness (QED) is 0.912. The molecule has 22 heavy (non-hydrogen) atoms. The first-order valence-electron chi connectivity index (χ1n) is 8.18. The maximum absolute atomic E-state index is 12.4. The molecule has 1 aliphatic carbocycles. The number of nitrogens with one attached hydrogen (secondary N) is 1. The number of rotatable bonds is 2. The lowest BCUT2D eigenvalue weighted by Gasteiger charge is -2.48. The van der Waals surface area contributed by atoms with Gasteiger partial charge in [-0.3, -0.25) is 4.79 Å². The van der Waals surface area contributed by atoms with Gasteiger partial charge in [0.1, 0.15) is 11.4 Å². The monoisotopic (exact) mass is 299 g/mol. The molecule has 1 spiro atoms. The van der Waals surface area contributed by atoms with Crippen molar-refractivity contribution in [1.29, 1.82) is 0 Å². The molecule has 3 aliphatic rings. The van der Waals surface area contributed by atoms with E-state index in [1.807, 2.05) is 30.3 Å². The van der Waals surface area contributed by atoms with Crippen LogP contribution in [-0.4, -0.2) is 18.1 Å². The second-order valence-electron chi connectivity index (χ2n) is 6.47. The number of allylic oxidation sites excluding steroid dienone is 1. The number of amides is 1. The van der Waals surface area contributed by atoms with E-state index in [0.717, 1.165) is 43.4 Å². The summed E-state index contributed by atoms with van der Waals surface area (Å²) in [6.45, 7) is 0.632. The van der Waals surface area contributed by atoms with E-state index in [0.29, 0.717) is 12.4 Å². The molecule has 1 saturated carbocycles. The van der Waals surface area contributed by atoms with E-state index < -0.39 is 0 Å². The first kappa shape index (κ1) is 13.7. The Balaban J connectivity index is 1.57. The highest BCUT2D eigenvalue weighted by molar-refractivity contribution is 5.91. The Bertz CT molecular complexity index is 619. The van der Waals surface area contributed by atoms with Crippen LogP contribution in [-0.2, 0) is 9.53 Å². The Morgan fingerprint density at radius 2 is 2.09 bits per heavy atom. The summed E-state index contributed by atoms with van der Waals surface area (Å²) in [7, 11) is 0. The fraction of sp³-hybridized carbons (Fsp3) is 0.500. The van der Waals surface area contributed by atoms with Gasteiger partial charge in [-0.25, -0.2) is 0 Å². The largest absolute Gasteiger partial charge is 0.488 e. The molecular formula is C18H21NO3. The van der Waals surface area contributed by atoms with Crippen molar-refractivity contribution in [2.24, 2.45) is 0 Å². The number of hydrogen-bond acceptors (Lipinski definition) is 3. The molecule has 0 radical (unpaired) electrons. The van der Waals surface area contributed by atoms with Crippen molar-refractivity contribution in [1.82, 2.24) is 5.32 Å². The molecule has 4 heteroatoms. The van der Waals surface area contributed by atoms with Gasteiger partial charge < -0.3 is 14.8 Å². The summed E-state index contributed by atoms with van der Waals surface area (Å²) in [5.74, 6) is 1.28. The first-order chi connectivity index (χ1) is 10.8. The SMILES string of the molecule is O=C(NC1CC2(CCC2)Oc2ccccc21)C1=CCCCO1. The third kappa shape index (κ3) is 2.36. The van der Waals surface area contributed by atoms with Gasteiger partial charge in [0.2, 0.25) is 0 Å². The fourth-order valence-electron chi connectivity index (χ4n) is 3.57. The molecule has 2 heterocycles. The zero-order valence-corrected chi connectivity index (χ0v) is 12.6. The van der Waals surface area contributed by atoms with Gasteiger partial charge in [-0.1, -0.05) is 18.2 Å². The summed E-state index contributed by atoms with van der Waals surface area (Å²) in [5, 5.41) is 3.16. The number of ether oxygens (including phenoxy) is 2. The highest BCUT2D eigenvalue weighted by Crippen LogP contribution is 2.48. The van der Waals surface area contributed by atoms with Crippen LogP contribution in [0.15, 0.2) is 36.1 Å². The molecule has 0 bridgehead atoms. The lowest BCUT2D eigenvalue weighted by atomic mass is 9.73. The van der Waals surface area contributed by atoms with Crippen LogP contribution in [0.5, 0.6) is 5.75 Å². The van der Waals surface area contributed by atoms with Crippen LogP contribution in [0.2, 0.25) is 0 Å². The Morgan fingerprint density at radius 3 is 2.82 bits per heavy atom. The van der Waals surface area contributed by atoms with Crippen molar-refractivity contribution in [2.45, 2.75) is 50.2 Å². The Kier molecular flexibility index (Phi) is 3.32. The Morgan fingerprint density at radius 1 is 1.23 bits per heavy atom. The van der Waals surface area contributed by atoms with Crippen LogP contribution in [0.1, 0.15) is 50.1 Å². The molecule has 1 fully saturated rings. The number of carbonyl (C=O) groups is 1. The third-order valence-electron chi connectivity index (χ3n) is 4.93. The van der Waals surface area contributed by atoms with Crippen LogP contribution in [0.25, 0.3) is 0 Å². The second kappa shape index (κ2) is 5.34. The van der Waals surface area contributed by atoms with E-state index in [-0.39, 0.29) is 17.6 Å². The van der Waals surface area contributed by atoms with Crippen molar-refractivity contribution >= 4 is 5.91 Å². The van der Waals surface area contributed by atoms with Gasteiger partial charge in [0.25, 0.3) is 5.91 Å². The summed E-state index contributed by atoms with van der Waals surface area (Å²) in [4.78, 5) is 12.4. The second-order valence-corrected chi connectivity index (χ2v) is 6.47. The molecule has 1 unspecified atom stereocenters. The topological polar surface area (TPSA) is 47.6 Å². The van der Waals surface area contributed by atoms with Crippen LogP contribution < -0.4 is 10.1 Å². The van der Waals surface area contributed by atoms with E-state index >= 15 is 0 Å². The number of hydrogen-bond donors (Lipinski definition) is 1. The Hall–Kier alpha value is -1.97. The summed E-state index contributed by atoms with van der Waals surface area (Å²) >= 11 is 0. The highest BCUT2D eigenvalue weighted by atomic mass is 16.5. The molecule has 116 valence electrons. The number of carbonyl (C=O) groups excluding carboxylic acids is 1. The van der Waals surface area contributed by atoms with E-state index in [2.05, 4.69) is 5.32 Å². The van der Waals surface area contributed by atoms with Crippen molar-refractivity contribution in [3.05, 3.63) is 41.7 Å². The van der Waals surface area contributed by atoms with Crippen LogP contribution in [0.3, 0.4) is 0 Å². The molecule has 1 aromatic rings. The van der Waals surface area contributed by atoms with E-state index in [1.54, 1.807) is 0 Å². The molecule has 0 aromatic heterocycles. The number of fused-ring (bicyclic) bond motifs is 1. The average molecular weight is 299 g/mol. The summed E-state index contributed by atoms with van der Waals surface area (Å²) in [6.07, 6.45) is 8.00. The summed E-state index contributed by atoms with van der Waals surface area (Å²) in [6, 6.07) is 8.04. The maximum atomic E-state index is 12.4. The molecule has 0 saturated heterocycles. The van der Waals surface area contributed by atoms with Gasteiger partial charge in [0.15, 0.2) is 5.76 Å². The van der Waals surface area contributed by atoms with Gasteiger partial charge >= 0.3 is 0 Å². The van der Waals surface area contributed by atoms with Crippen molar-refractivity contribution in [3.8, 4) is 5.75 Å². The minimum Gasteiger partial charge on any atom is -0.488 e. The van der Waals surface area contributed by atoms with Crippen LogP contribution in [0.4, 0.5) is 0 Å². The molecule has 2 aliphatic heterocycles. The van der Waals surface area contributed by atoms with Crippen molar-refractivity contribution < 1.29 is 14.3 Å². The van der Waals surface area contributed by atoms with Gasteiger partial charge in [-0.2, -0.15) is 0 Å². The molecule has 1 N–H and O–H groups in total. The van der Waals surface area contributed by atoms with Crippen molar-refractivity contribution in [3.63, 3.8) is 0 Å². The first-order valence-corrected chi connectivity index (χ1v) is 8.18. The fourth-order valence-corrected chi connectivity index (χ4v) is 3.57. The minimum absolute atomic E-state index is 0.00387. The molecule has 1 atom stereocenters. The van der Waals surface area contributed by atoms with Gasteiger partial charge in [0, 0.05) is 12.0 Å². The molecule has 1 amide bonds. The normalized spacial score (nSPS) is 25.1. The van der Waals surface area contributed by atoms with E-state index in [1.165, 1.54) is 6.42 Å². The lowest BCUT2D eigenvalue weighted by molar-refractivity contribution is -0.123. The summed E-state index contributed by atoms with van der Waals surface area (Å²) < 4.78 is 11.7. The van der Waals surface area contributed by atoms with Crippen LogP contribution >= 0.6 is 0 Å². The smallest absolute Gasteiger partial charge is 0.286 e. The summed E-state index contributed by atoms with van der Waals surface area (Å²) in [5.41, 5.74) is 0.999. The standard InChI is InChI=1S/C18H21NO3/c20-17(16-8-3-4-11-21-16)19-14-12-18(9-5-10-18)22-15-7-2-1-6-13(14)15/h1-2,6-8,14H,3-5,9-12H2,(H,19,20). The lowest BCUT2D eigenvalue weighted by Crippen LogP contribution is -2.50. The minimum atomic E-state index is -0.101. The highest BCUT2D eigenvalue weighted by Gasteiger charge is 2.46. The predicted molar refractivity (Wildman–Crippen MR) is 82.4 cm³/mol. The van der Waals surface area contributed by atoms with E-state index in [4.69, 9.17) is 9.47 Å². The Labute approximate surface area is 130 Å². The molecule has 4 rings (SSSR count). The van der Waals surface area contributed by atoms with Gasteiger partial charge in [-0.15, -0.1) is 0 Å². The molecule has 4 nitrogen and oxygen atoms in total. The van der Waals surface area contributed by atoms with E-state index in [9.17, 15) is 4.79 Å². The third-order valence-corrected chi connectivity index (χ3v) is 4.93. The number of benzene rings is 1. The van der Waals surface area contributed by atoms with Gasteiger partial charge in [-0.05, 0) is 44.2 Å². The van der Waals surface area contributed by atoms with Crippen molar-refractivity contribution in [2.75, 3.05) is 6.61 Å². The number of para-hydroxylation sites is 1. The average Bonchev–Trinajstić information content (AvgIpc) is 2.54. The zero-order chi connectivity index (χ0) is 15.0. The molecule has 1 aromatic carbocycles. The van der Waals surface area contributed by atoms with Crippen LogP contribution in [0, 0.1) is 0 Å².